The number of nitrogens with zero attached hydrogens (tertiary/aromatic N) is 1. The lowest BCUT2D eigenvalue weighted by molar-refractivity contribution is -0.147. The maximum absolute atomic E-state index is 12.0. The molecule has 2 heterocycles. The molecular formula is C22H26N2O4S. The van der Waals surface area contributed by atoms with Crippen LogP contribution >= 0.6 is 11.3 Å². The zero-order chi connectivity index (χ0) is 20.6. The number of benzene rings is 1. The molecule has 1 aliphatic rings. The lowest BCUT2D eigenvalue weighted by Crippen LogP contribution is -2.29. The summed E-state index contributed by atoms with van der Waals surface area (Å²) < 4.78 is 4.98. The maximum atomic E-state index is 12.0. The highest BCUT2D eigenvalue weighted by Crippen LogP contribution is 2.22. The molecule has 0 unspecified atom stereocenters. The van der Waals surface area contributed by atoms with Gasteiger partial charge in [0.15, 0.2) is 12.4 Å². The van der Waals surface area contributed by atoms with Gasteiger partial charge in [-0.2, -0.15) is 0 Å². The Morgan fingerprint density at radius 2 is 1.72 bits per heavy atom. The average molecular weight is 415 g/mol. The number of anilines is 2. The number of hydrogen-bond donors (Lipinski definition) is 1. The number of piperidine rings is 1. The van der Waals surface area contributed by atoms with Crippen LogP contribution in [-0.4, -0.2) is 37.4 Å². The third kappa shape index (κ3) is 6.42. The van der Waals surface area contributed by atoms with Crippen molar-refractivity contribution in [1.82, 2.24) is 0 Å². The number of hydrogen-bond acceptors (Lipinski definition) is 6. The molecule has 29 heavy (non-hydrogen) atoms. The molecule has 154 valence electrons. The number of esters is 1. The quantitative estimate of drug-likeness (QED) is 0.518. The summed E-state index contributed by atoms with van der Waals surface area (Å²) >= 11 is 1.41. The van der Waals surface area contributed by atoms with E-state index < -0.39 is 11.9 Å². The summed E-state index contributed by atoms with van der Waals surface area (Å²) in [6.45, 7) is 3.70. The van der Waals surface area contributed by atoms with Crippen LogP contribution in [0, 0.1) is 6.92 Å². The zero-order valence-electron chi connectivity index (χ0n) is 16.6. The molecule has 0 radical (unpaired) electrons. The monoisotopic (exact) mass is 414 g/mol. The van der Waals surface area contributed by atoms with Crippen LogP contribution in [0.2, 0.25) is 0 Å². The van der Waals surface area contributed by atoms with Gasteiger partial charge in [-0.1, -0.05) is 0 Å². The van der Waals surface area contributed by atoms with Crippen molar-refractivity contribution in [3.63, 3.8) is 0 Å². The van der Waals surface area contributed by atoms with E-state index in [0.717, 1.165) is 23.7 Å². The molecule has 3 rings (SSSR count). The van der Waals surface area contributed by atoms with Gasteiger partial charge in [-0.25, -0.2) is 0 Å². The molecule has 6 nitrogen and oxygen atoms in total. The highest BCUT2D eigenvalue weighted by atomic mass is 32.1. The predicted octanol–water partition coefficient (Wildman–Crippen LogP) is 4.19. The van der Waals surface area contributed by atoms with Crippen LogP contribution in [0.5, 0.6) is 0 Å². The van der Waals surface area contributed by atoms with Crippen LogP contribution in [0.25, 0.3) is 0 Å². The number of Topliss-reactive ketones (excluding diaryl/α,β-unsaturated/α-hetero) is 1. The Balaban J connectivity index is 1.37. The van der Waals surface area contributed by atoms with Crippen molar-refractivity contribution in [3.05, 3.63) is 46.2 Å². The highest BCUT2D eigenvalue weighted by Gasteiger charge is 2.14. The van der Waals surface area contributed by atoms with Crippen molar-refractivity contribution >= 4 is 40.4 Å². The van der Waals surface area contributed by atoms with E-state index in [2.05, 4.69) is 10.2 Å². The van der Waals surface area contributed by atoms with Gasteiger partial charge in [-0.15, -0.1) is 11.3 Å². The minimum absolute atomic E-state index is 0.0341. The van der Waals surface area contributed by atoms with Crippen LogP contribution in [-0.2, 0) is 14.3 Å². The Kier molecular flexibility index (Phi) is 7.41. The normalized spacial score (nSPS) is 13.8. The van der Waals surface area contributed by atoms with Gasteiger partial charge in [0.1, 0.15) is 0 Å². The Labute approximate surface area is 174 Å². The Morgan fingerprint density at radius 1 is 1.00 bits per heavy atom. The smallest absolute Gasteiger partial charge is 0.306 e. The molecule has 0 bridgehead atoms. The van der Waals surface area contributed by atoms with Gasteiger partial charge in [0, 0.05) is 35.8 Å². The number of ether oxygens (including phenoxy) is 1. The molecule has 1 fully saturated rings. The van der Waals surface area contributed by atoms with Crippen LogP contribution in [0.1, 0.15) is 46.7 Å². The van der Waals surface area contributed by atoms with E-state index in [1.54, 1.807) is 6.07 Å². The number of thiophene rings is 1. The number of ketones is 1. The number of rotatable bonds is 8. The Morgan fingerprint density at radius 3 is 2.38 bits per heavy atom. The summed E-state index contributed by atoms with van der Waals surface area (Å²) in [5.74, 6) is -1.04. The minimum atomic E-state index is -0.553. The third-order valence-corrected chi connectivity index (χ3v) is 5.85. The lowest BCUT2D eigenvalue weighted by atomic mass is 10.1. The molecule has 1 aromatic heterocycles. The number of aryl methyl sites for hydroxylation is 1. The van der Waals surface area contributed by atoms with Gasteiger partial charge in [-0.05, 0) is 62.6 Å². The van der Waals surface area contributed by atoms with E-state index in [1.807, 2.05) is 37.3 Å². The van der Waals surface area contributed by atoms with Crippen molar-refractivity contribution < 1.29 is 19.1 Å². The van der Waals surface area contributed by atoms with Crippen molar-refractivity contribution in [2.45, 2.75) is 39.0 Å². The first-order valence-electron chi connectivity index (χ1n) is 9.91. The summed E-state index contributed by atoms with van der Waals surface area (Å²) in [4.78, 5) is 39.8. The van der Waals surface area contributed by atoms with Gasteiger partial charge >= 0.3 is 5.97 Å². The lowest BCUT2D eigenvalue weighted by Gasteiger charge is -2.28. The molecule has 1 amide bonds. The summed E-state index contributed by atoms with van der Waals surface area (Å²) in [5, 5.41) is 2.72. The van der Waals surface area contributed by atoms with Crippen LogP contribution in [0.15, 0.2) is 36.4 Å². The fraction of sp³-hybridized carbons (Fsp3) is 0.409. The SMILES string of the molecule is Cc1ccc(C(=O)CCC(=O)OCC(=O)Nc2ccc(N3CCCCC3)cc2)s1. The van der Waals surface area contributed by atoms with Gasteiger partial charge in [0.2, 0.25) is 0 Å². The fourth-order valence-corrected chi connectivity index (χ4v) is 4.08. The Bertz CT molecular complexity index is 854. The fourth-order valence-electron chi connectivity index (χ4n) is 3.25. The molecule has 7 heteroatoms. The summed E-state index contributed by atoms with van der Waals surface area (Å²) in [5.41, 5.74) is 1.81. The second-order valence-electron chi connectivity index (χ2n) is 7.14. The van der Waals surface area contributed by atoms with E-state index in [9.17, 15) is 14.4 Å². The average Bonchev–Trinajstić information content (AvgIpc) is 3.18. The topological polar surface area (TPSA) is 75.7 Å². The molecule has 1 aliphatic heterocycles. The van der Waals surface area contributed by atoms with E-state index in [0.29, 0.717) is 10.6 Å². The standard InChI is InChI=1S/C22H26N2O4S/c1-16-5-11-20(29-16)19(25)10-12-22(27)28-15-21(26)23-17-6-8-18(9-7-17)24-13-3-2-4-14-24/h5-9,11H,2-4,10,12-15H2,1H3,(H,23,26). The second-order valence-corrected chi connectivity index (χ2v) is 8.42. The van der Waals surface area contributed by atoms with Crippen LogP contribution < -0.4 is 10.2 Å². The summed E-state index contributed by atoms with van der Waals surface area (Å²) in [7, 11) is 0. The molecule has 0 saturated carbocycles. The zero-order valence-corrected chi connectivity index (χ0v) is 17.4. The van der Waals surface area contributed by atoms with E-state index in [-0.39, 0.29) is 25.2 Å². The number of carbonyl (C=O) groups excluding carboxylic acids is 3. The van der Waals surface area contributed by atoms with Gasteiger partial charge in [0.05, 0.1) is 11.3 Å². The number of amides is 1. The maximum Gasteiger partial charge on any atom is 0.306 e. The first-order valence-corrected chi connectivity index (χ1v) is 10.7. The van der Waals surface area contributed by atoms with Gasteiger partial charge in [-0.3, -0.25) is 14.4 Å². The van der Waals surface area contributed by atoms with E-state index in [1.165, 1.54) is 30.6 Å². The van der Waals surface area contributed by atoms with Crippen LogP contribution in [0.3, 0.4) is 0 Å². The minimum Gasteiger partial charge on any atom is -0.456 e. The van der Waals surface area contributed by atoms with E-state index in [4.69, 9.17) is 4.74 Å². The number of nitrogens with one attached hydrogen (secondary N) is 1. The summed E-state index contributed by atoms with van der Waals surface area (Å²) in [6.07, 6.45) is 3.75. The molecule has 1 aromatic carbocycles. The molecule has 0 spiro atoms. The first kappa shape index (κ1) is 21.0. The Hall–Kier alpha value is -2.67. The molecule has 1 N–H and O–H groups in total. The molecular weight excluding hydrogens is 388 g/mol. The molecule has 0 aliphatic carbocycles. The second kappa shape index (κ2) is 10.2. The third-order valence-electron chi connectivity index (χ3n) is 4.81. The molecule has 2 aromatic rings. The number of carbonyl (C=O) groups is 3. The molecule has 0 atom stereocenters. The van der Waals surface area contributed by atoms with Gasteiger partial charge < -0.3 is 15.0 Å². The van der Waals surface area contributed by atoms with Gasteiger partial charge in [0.25, 0.3) is 5.91 Å². The van der Waals surface area contributed by atoms with Crippen molar-refractivity contribution in [1.29, 1.82) is 0 Å². The first-order chi connectivity index (χ1) is 14.0. The van der Waals surface area contributed by atoms with E-state index >= 15 is 0 Å². The summed E-state index contributed by atoms with van der Waals surface area (Å²) in [6, 6.07) is 11.3. The van der Waals surface area contributed by atoms with Crippen LogP contribution in [0.4, 0.5) is 11.4 Å². The largest absolute Gasteiger partial charge is 0.456 e. The molecule has 1 saturated heterocycles. The van der Waals surface area contributed by atoms with Crippen molar-refractivity contribution in [3.8, 4) is 0 Å². The van der Waals surface area contributed by atoms with Crippen molar-refractivity contribution in [2.75, 3.05) is 29.9 Å². The highest BCUT2D eigenvalue weighted by molar-refractivity contribution is 7.14. The predicted molar refractivity (Wildman–Crippen MR) is 115 cm³/mol. The van der Waals surface area contributed by atoms with Crippen molar-refractivity contribution in [2.24, 2.45) is 0 Å².